The van der Waals surface area contributed by atoms with Crippen molar-refractivity contribution in [2.45, 2.75) is 26.2 Å². The number of terminal acetylenes is 1. The largest absolute Gasteiger partial charge is 0.358 e. The Morgan fingerprint density at radius 1 is 1.33 bits per heavy atom. The van der Waals surface area contributed by atoms with E-state index >= 15 is 0 Å². The highest BCUT2D eigenvalue weighted by molar-refractivity contribution is 5.81. The summed E-state index contributed by atoms with van der Waals surface area (Å²) < 4.78 is 0. The summed E-state index contributed by atoms with van der Waals surface area (Å²) in [4.78, 5) is 3.32. The van der Waals surface area contributed by atoms with E-state index in [-0.39, 0.29) is 0 Å². The molecule has 2 rings (SSSR count). The predicted octanol–water partition coefficient (Wildman–Crippen LogP) is 3.47. The van der Waals surface area contributed by atoms with Crippen LogP contribution < -0.4 is 0 Å². The summed E-state index contributed by atoms with van der Waals surface area (Å²) in [5.41, 5.74) is 3.66. The van der Waals surface area contributed by atoms with Gasteiger partial charge in [-0.2, -0.15) is 0 Å². The van der Waals surface area contributed by atoms with Gasteiger partial charge < -0.3 is 4.98 Å². The van der Waals surface area contributed by atoms with Gasteiger partial charge in [0.25, 0.3) is 0 Å². The lowest BCUT2D eigenvalue weighted by Gasteiger charge is -2.03. The molecule has 1 N–H and O–H groups in total. The topological polar surface area (TPSA) is 15.8 Å². The summed E-state index contributed by atoms with van der Waals surface area (Å²) in [6.45, 7) is 4.41. The van der Waals surface area contributed by atoms with E-state index in [9.17, 15) is 0 Å². The Morgan fingerprint density at radius 2 is 2.13 bits per heavy atom. The van der Waals surface area contributed by atoms with E-state index in [4.69, 9.17) is 6.42 Å². The van der Waals surface area contributed by atoms with Crippen LogP contribution in [0, 0.1) is 12.3 Å². The summed E-state index contributed by atoms with van der Waals surface area (Å²) in [7, 11) is 0. The van der Waals surface area contributed by atoms with E-state index in [2.05, 4.69) is 49.0 Å². The second-order valence-corrected chi connectivity index (χ2v) is 4.18. The van der Waals surface area contributed by atoms with Crippen LogP contribution in [0.1, 0.15) is 31.0 Å². The van der Waals surface area contributed by atoms with Crippen molar-refractivity contribution in [3.63, 3.8) is 0 Å². The van der Waals surface area contributed by atoms with Gasteiger partial charge in [0.05, 0.1) is 0 Å². The molecule has 0 bridgehead atoms. The number of nitrogens with one attached hydrogen (secondary N) is 1. The number of aromatic nitrogens is 1. The molecule has 0 aliphatic heterocycles. The van der Waals surface area contributed by atoms with Gasteiger partial charge in [-0.3, -0.25) is 0 Å². The fourth-order valence-corrected chi connectivity index (χ4v) is 1.78. The molecule has 0 unspecified atom stereocenters. The molecule has 0 aliphatic carbocycles. The van der Waals surface area contributed by atoms with E-state index in [1.807, 2.05) is 0 Å². The van der Waals surface area contributed by atoms with Crippen LogP contribution >= 0.6 is 0 Å². The Hall–Kier alpha value is -1.68. The predicted molar refractivity (Wildman–Crippen MR) is 64.9 cm³/mol. The lowest BCUT2D eigenvalue weighted by atomic mass is 10.0. The molecular formula is C14H15N. The Labute approximate surface area is 90.5 Å². The molecule has 0 atom stereocenters. The maximum Gasteiger partial charge on any atom is 0.0489 e. The number of hydrogen-bond donors (Lipinski definition) is 1. The van der Waals surface area contributed by atoms with Crippen molar-refractivity contribution in [3.8, 4) is 12.3 Å². The normalized spacial score (nSPS) is 10.8. The van der Waals surface area contributed by atoms with Crippen molar-refractivity contribution in [2.24, 2.45) is 0 Å². The lowest BCUT2D eigenvalue weighted by molar-refractivity contribution is 0.869. The third-order valence-electron chi connectivity index (χ3n) is 2.66. The molecule has 0 radical (unpaired) electrons. The summed E-state index contributed by atoms with van der Waals surface area (Å²) in [6.07, 6.45) is 5.96. The van der Waals surface area contributed by atoms with Crippen LogP contribution in [-0.2, 0) is 6.42 Å². The van der Waals surface area contributed by atoms with Crippen LogP contribution in [0.25, 0.3) is 10.9 Å². The first-order chi connectivity index (χ1) is 7.20. The van der Waals surface area contributed by atoms with E-state index in [1.165, 1.54) is 16.5 Å². The fraction of sp³-hybridized carbons (Fsp3) is 0.286. The molecule has 0 amide bonds. The second kappa shape index (κ2) is 3.82. The zero-order valence-electron chi connectivity index (χ0n) is 9.17. The van der Waals surface area contributed by atoms with Gasteiger partial charge >= 0.3 is 0 Å². The number of H-pyrrole nitrogens is 1. The first-order valence-corrected chi connectivity index (χ1v) is 5.25. The maximum atomic E-state index is 5.29. The minimum absolute atomic E-state index is 0.570. The van der Waals surface area contributed by atoms with Gasteiger partial charge in [0.1, 0.15) is 0 Å². The van der Waals surface area contributed by atoms with Crippen molar-refractivity contribution in [1.29, 1.82) is 0 Å². The smallest absolute Gasteiger partial charge is 0.0489 e. The molecule has 0 saturated carbocycles. The highest BCUT2D eigenvalue weighted by Crippen LogP contribution is 2.22. The molecule has 1 aromatic heterocycles. The van der Waals surface area contributed by atoms with Crippen molar-refractivity contribution in [2.75, 3.05) is 0 Å². The van der Waals surface area contributed by atoms with Crippen LogP contribution in [0.5, 0.6) is 0 Å². The minimum atomic E-state index is 0.570. The number of hydrogen-bond acceptors (Lipinski definition) is 0. The maximum absolute atomic E-state index is 5.29. The number of benzene rings is 1. The quantitative estimate of drug-likeness (QED) is 0.709. The molecule has 0 saturated heterocycles. The van der Waals surface area contributed by atoms with Gasteiger partial charge in [-0.25, -0.2) is 0 Å². The van der Waals surface area contributed by atoms with E-state index < -0.39 is 0 Å². The average Bonchev–Trinajstić information content (AvgIpc) is 2.59. The Morgan fingerprint density at radius 3 is 2.80 bits per heavy atom. The molecule has 15 heavy (non-hydrogen) atoms. The van der Waals surface area contributed by atoms with Gasteiger partial charge in [-0.1, -0.05) is 19.9 Å². The SMILES string of the molecule is C#CCc1cc2cc(C(C)C)ccc2[nH]1. The summed E-state index contributed by atoms with van der Waals surface area (Å²) >= 11 is 0. The van der Waals surface area contributed by atoms with Gasteiger partial charge in [0, 0.05) is 17.6 Å². The fourth-order valence-electron chi connectivity index (χ4n) is 1.78. The standard InChI is InChI=1S/C14H15N/c1-4-5-13-9-12-8-11(10(2)3)6-7-14(12)15-13/h1,6-10,15H,5H2,2-3H3. The number of rotatable bonds is 2. The van der Waals surface area contributed by atoms with Crippen LogP contribution in [0.15, 0.2) is 24.3 Å². The van der Waals surface area contributed by atoms with Gasteiger partial charge in [-0.15, -0.1) is 12.3 Å². The summed E-state index contributed by atoms with van der Waals surface area (Å²) in [5, 5.41) is 1.26. The highest BCUT2D eigenvalue weighted by atomic mass is 14.7. The van der Waals surface area contributed by atoms with Gasteiger partial charge in [0.15, 0.2) is 0 Å². The van der Waals surface area contributed by atoms with E-state index in [0.717, 1.165) is 5.69 Å². The third kappa shape index (κ3) is 1.89. The second-order valence-electron chi connectivity index (χ2n) is 4.18. The van der Waals surface area contributed by atoms with Crippen LogP contribution in [0.2, 0.25) is 0 Å². The lowest BCUT2D eigenvalue weighted by Crippen LogP contribution is -1.85. The molecule has 0 spiro atoms. The average molecular weight is 197 g/mol. The van der Waals surface area contributed by atoms with Crippen molar-refractivity contribution in [1.82, 2.24) is 4.98 Å². The summed E-state index contributed by atoms with van der Waals surface area (Å²) in [5.74, 6) is 3.22. The van der Waals surface area contributed by atoms with E-state index in [0.29, 0.717) is 12.3 Å². The summed E-state index contributed by atoms with van der Waals surface area (Å²) in [6, 6.07) is 8.67. The zero-order chi connectivity index (χ0) is 10.8. The zero-order valence-corrected chi connectivity index (χ0v) is 9.17. The number of aromatic amines is 1. The molecule has 2 aromatic rings. The first kappa shape index (κ1) is 9.86. The molecule has 1 aromatic carbocycles. The molecule has 1 nitrogen and oxygen atoms in total. The first-order valence-electron chi connectivity index (χ1n) is 5.25. The van der Waals surface area contributed by atoms with Gasteiger partial charge in [-0.05, 0) is 35.1 Å². The monoisotopic (exact) mass is 197 g/mol. The van der Waals surface area contributed by atoms with Crippen LogP contribution in [0.3, 0.4) is 0 Å². The van der Waals surface area contributed by atoms with Crippen molar-refractivity contribution >= 4 is 10.9 Å². The van der Waals surface area contributed by atoms with E-state index in [1.54, 1.807) is 0 Å². The van der Waals surface area contributed by atoms with Crippen molar-refractivity contribution in [3.05, 3.63) is 35.5 Å². The third-order valence-corrected chi connectivity index (χ3v) is 2.66. The molecule has 1 heterocycles. The number of fused-ring (bicyclic) bond motifs is 1. The molecule has 0 aliphatic rings. The van der Waals surface area contributed by atoms with Crippen molar-refractivity contribution < 1.29 is 0 Å². The Balaban J connectivity index is 2.48. The van der Waals surface area contributed by atoms with Gasteiger partial charge in [0.2, 0.25) is 0 Å². The van der Waals surface area contributed by atoms with Crippen LogP contribution in [0.4, 0.5) is 0 Å². The molecular weight excluding hydrogens is 182 g/mol. The highest BCUT2D eigenvalue weighted by Gasteiger charge is 2.03. The molecule has 1 heteroatoms. The minimum Gasteiger partial charge on any atom is -0.358 e. The molecule has 0 fully saturated rings. The Kier molecular flexibility index (Phi) is 2.51. The molecule has 76 valence electrons. The van der Waals surface area contributed by atoms with Crippen LogP contribution in [-0.4, -0.2) is 4.98 Å². The Bertz CT molecular complexity index is 512.